The molecule has 0 aliphatic carbocycles. The first kappa shape index (κ1) is 15.2. The summed E-state index contributed by atoms with van der Waals surface area (Å²) in [6.45, 7) is 4.36. The van der Waals surface area contributed by atoms with Crippen LogP contribution in [0.4, 0.5) is 10.1 Å². The summed E-state index contributed by atoms with van der Waals surface area (Å²) in [5, 5.41) is 0. The number of carbonyl (C=O) groups is 2. The quantitative estimate of drug-likeness (QED) is 0.809. The first-order chi connectivity index (χ1) is 11.0. The summed E-state index contributed by atoms with van der Waals surface area (Å²) in [5.74, 6) is -0.894. The van der Waals surface area contributed by atoms with E-state index in [1.807, 2.05) is 13.8 Å². The Labute approximate surface area is 133 Å². The van der Waals surface area contributed by atoms with Crippen LogP contribution in [0.2, 0.25) is 0 Å². The molecule has 1 aliphatic heterocycles. The molecular formula is C18H16FNO3. The van der Waals surface area contributed by atoms with Gasteiger partial charge in [0.25, 0.3) is 11.8 Å². The van der Waals surface area contributed by atoms with Crippen molar-refractivity contribution < 1.29 is 18.7 Å². The first-order valence-corrected chi connectivity index (χ1v) is 7.39. The van der Waals surface area contributed by atoms with Crippen molar-refractivity contribution in [3.8, 4) is 5.75 Å². The number of halogens is 1. The van der Waals surface area contributed by atoms with Gasteiger partial charge in [-0.25, -0.2) is 9.29 Å². The molecule has 1 aliphatic rings. The van der Waals surface area contributed by atoms with Gasteiger partial charge in [0.2, 0.25) is 0 Å². The number of hydrogen-bond donors (Lipinski definition) is 0. The van der Waals surface area contributed by atoms with E-state index >= 15 is 0 Å². The number of benzene rings is 2. The van der Waals surface area contributed by atoms with Crippen molar-refractivity contribution in [3.63, 3.8) is 0 Å². The maximum absolute atomic E-state index is 13.7. The van der Waals surface area contributed by atoms with E-state index in [0.29, 0.717) is 23.5 Å². The van der Waals surface area contributed by atoms with Crippen LogP contribution in [0.25, 0.3) is 0 Å². The topological polar surface area (TPSA) is 46.6 Å². The Balaban J connectivity index is 2.04. The molecule has 0 bridgehead atoms. The van der Waals surface area contributed by atoms with Gasteiger partial charge in [-0.15, -0.1) is 0 Å². The number of rotatable bonds is 4. The van der Waals surface area contributed by atoms with Crippen LogP contribution in [0, 0.1) is 11.7 Å². The minimum atomic E-state index is -0.534. The number of imide groups is 1. The fourth-order valence-corrected chi connectivity index (χ4v) is 2.45. The number of anilines is 1. The third kappa shape index (κ3) is 2.70. The van der Waals surface area contributed by atoms with Crippen LogP contribution in [-0.4, -0.2) is 18.4 Å². The highest BCUT2D eigenvalue weighted by Crippen LogP contribution is 2.35. The Morgan fingerprint density at radius 3 is 2.22 bits per heavy atom. The Kier molecular flexibility index (Phi) is 3.86. The van der Waals surface area contributed by atoms with Crippen molar-refractivity contribution >= 4 is 17.5 Å². The molecule has 0 atom stereocenters. The summed E-state index contributed by atoms with van der Waals surface area (Å²) >= 11 is 0. The van der Waals surface area contributed by atoms with Crippen molar-refractivity contribution in [2.45, 2.75) is 13.8 Å². The standard InChI is InChI=1S/C18H16FNO3/c1-11(2)10-23-16-8-7-12(19)9-15(16)20-17(21)13-5-3-4-6-14(13)18(20)22/h3-9,11H,10H2,1-2H3. The molecule has 4 nitrogen and oxygen atoms in total. The van der Waals surface area contributed by atoms with Crippen LogP contribution >= 0.6 is 0 Å². The van der Waals surface area contributed by atoms with Gasteiger partial charge in [-0.05, 0) is 30.2 Å². The molecule has 0 unspecified atom stereocenters. The van der Waals surface area contributed by atoms with Gasteiger partial charge in [0.1, 0.15) is 11.6 Å². The SMILES string of the molecule is CC(C)COc1ccc(F)cc1N1C(=O)c2ccccc2C1=O. The third-order valence-electron chi connectivity index (χ3n) is 3.53. The van der Waals surface area contributed by atoms with Crippen LogP contribution in [0.5, 0.6) is 5.75 Å². The monoisotopic (exact) mass is 313 g/mol. The Hall–Kier alpha value is -2.69. The first-order valence-electron chi connectivity index (χ1n) is 7.39. The van der Waals surface area contributed by atoms with Gasteiger partial charge in [-0.1, -0.05) is 26.0 Å². The summed E-state index contributed by atoms with van der Waals surface area (Å²) in [5.41, 5.74) is 0.769. The lowest BCUT2D eigenvalue weighted by atomic mass is 10.1. The van der Waals surface area contributed by atoms with Crippen molar-refractivity contribution in [1.82, 2.24) is 0 Å². The van der Waals surface area contributed by atoms with Crippen LogP contribution in [-0.2, 0) is 0 Å². The molecule has 1 heterocycles. The summed E-state index contributed by atoms with van der Waals surface area (Å²) in [6.07, 6.45) is 0. The van der Waals surface area contributed by atoms with Gasteiger partial charge >= 0.3 is 0 Å². The van der Waals surface area contributed by atoms with Gasteiger partial charge < -0.3 is 4.74 Å². The Morgan fingerprint density at radius 1 is 1.04 bits per heavy atom. The molecule has 23 heavy (non-hydrogen) atoms. The molecule has 3 rings (SSSR count). The second-order valence-electron chi connectivity index (χ2n) is 5.81. The van der Waals surface area contributed by atoms with E-state index in [1.54, 1.807) is 24.3 Å². The van der Waals surface area contributed by atoms with E-state index in [1.165, 1.54) is 12.1 Å². The molecule has 2 aromatic rings. The predicted octanol–water partition coefficient (Wildman–Crippen LogP) is 3.66. The normalized spacial score (nSPS) is 13.7. The molecule has 0 fully saturated rings. The van der Waals surface area contributed by atoms with E-state index in [-0.39, 0.29) is 11.6 Å². The molecule has 2 amide bonds. The van der Waals surface area contributed by atoms with Crippen molar-refractivity contribution in [2.75, 3.05) is 11.5 Å². The fourth-order valence-electron chi connectivity index (χ4n) is 2.45. The number of ether oxygens (including phenoxy) is 1. The average Bonchev–Trinajstić information content (AvgIpc) is 2.78. The minimum Gasteiger partial charge on any atom is -0.491 e. The highest BCUT2D eigenvalue weighted by Gasteiger charge is 2.38. The lowest BCUT2D eigenvalue weighted by Gasteiger charge is -2.19. The predicted molar refractivity (Wildman–Crippen MR) is 84.3 cm³/mol. The summed E-state index contributed by atoms with van der Waals surface area (Å²) in [7, 11) is 0. The van der Waals surface area contributed by atoms with E-state index in [2.05, 4.69) is 0 Å². The maximum atomic E-state index is 13.7. The van der Waals surface area contributed by atoms with Crippen molar-refractivity contribution in [3.05, 3.63) is 59.4 Å². The van der Waals surface area contributed by atoms with Gasteiger partial charge in [-0.2, -0.15) is 0 Å². The van der Waals surface area contributed by atoms with Crippen LogP contribution in [0.1, 0.15) is 34.6 Å². The summed E-state index contributed by atoms with van der Waals surface area (Å²) in [6, 6.07) is 10.4. The Bertz CT molecular complexity index is 751. The van der Waals surface area contributed by atoms with Crippen LogP contribution in [0.15, 0.2) is 42.5 Å². The number of hydrogen-bond acceptors (Lipinski definition) is 3. The average molecular weight is 313 g/mol. The maximum Gasteiger partial charge on any atom is 0.266 e. The third-order valence-corrected chi connectivity index (χ3v) is 3.53. The molecule has 0 aromatic heterocycles. The zero-order chi connectivity index (χ0) is 16.6. The molecule has 0 spiro atoms. The molecule has 0 saturated heterocycles. The minimum absolute atomic E-state index is 0.136. The zero-order valence-electron chi connectivity index (χ0n) is 12.9. The molecule has 0 saturated carbocycles. The molecule has 118 valence electrons. The molecule has 2 aromatic carbocycles. The molecule has 5 heteroatoms. The number of fused-ring (bicyclic) bond motifs is 1. The van der Waals surface area contributed by atoms with Gasteiger partial charge in [0, 0.05) is 6.07 Å². The molecular weight excluding hydrogens is 297 g/mol. The zero-order valence-corrected chi connectivity index (χ0v) is 12.9. The van der Waals surface area contributed by atoms with Crippen molar-refractivity contribution in [1.29, 1.82) is 0 Å². The number of carbonyl (C=O) groups excluding carboxylic acids is 2. The molecule has 0 radical (unpaired) electrons. The lowest BCUT2D eigenvalue weighted by Crippen LogP contribution is -2.30. The highest BCUT2D eigenvalue weighted by atomic mass is 19.1. The highest BCUT2D eigenvalue weighted by molar-refractivity contribution is 6.34. The number of nitrogens with zero attached hydrogens (tertiary/aromatic N) is 1. The van der Waals surface area contributed by atoms with Gasteiger partial charge in [0.05, 0.1) is 23.4 Å². The smallest absolute Gasteiger partial charge is 0.266 e. The Morgan fingerprint density at radius 2 is 1.65 bits per heavy atom. The lowest BCUT2D eigenvalue weighted by molar-refractivity contribution is 0.0924. The van der Waals surface area contributed by atoms with Gasteiger partial charge in [-0.3, -0.25) is 9.59 Å². The second kappa shape index (κ2) is 5.83. The van der Waals surface area contributed by atoms with Crippen LogP contribution < -0.4 is 9.64 Å². The van der Waals surface area contributed by atoms with Gasteiger partial charge in [0.15, 0.2) is 0 Å². The van der Waals surface area contributed by atoms with E-state index < -0.39 is 17.6 Å². The van der Waals surface area contributed by atoms with E-state index in [0.717, 1.165) is 11.0 Å². The van der Waals surface area contributed by atoms with Crippen molar-refractivity contribution in [2.24, 2.45) is 5.92 Å². The summed E-state index contributed by atoms with van der Waals surface area (Å²) in [4.78, 5) is 26.0. The number of amides is 2. The van der Waals surface area contributed by atoms with E-state index in [9.17, 15) is 14.0 Å². The summed E-state index contributed by atoms with van der Waals surface area (Å²) < 4.78 is 19.3. The second-order valence-corrected chi connectivity index (χ2v) is 5.81. The van der Waals surface area contributed by atoms with E-state index in [4.69, 9.17) is 4.74 Å². The fraction of sp³-hybridized carbons (Fsp3) is 0.222. The largest absolute Gasteiger partial charge is 0.491 e. The van der Waals surface area contributed by atoms with Crippen LogP contribution in [0.3, 0.4) is 0 Å². The molecule has 0 N–H and O–H groups in total.